The number of nitrogens with two attached hydrogens (primary N) is 1. The van der Waals surface area contributed by atoms with Gasteiger partial charge in [0, 0.05) is 6.07 Å². The lowest BCUT2D eigenvalue weighted by Gasteiger charge is -2.22. The number of rotatable bonds is 2. The fraction of sp³-hybridized carbons (Fsp3) is 0.417. The van der Waals surface area contributed by atoms with Crippen molar-refractivity contribution in [3.8, 4) is 0 Å². The molecule has 0 bridgehead atoms. The summed E-state index contributed by atoms with van der Waals surface area (Å²) in [5.74, 6) is -1.79. The van der Waals surface area contributed by atoms with Crippen molar-refractivity contribution in [1.29, 1.82) is 0 Å². The Morgan fingerprint density at radius 2 is 1.89 bits per heavy atom. The SMILES string of the molecule is NC1(C(=O)Nc2cc(F)c(Br)cc2F)CCCC1. The number of anilines is 1. The van der Waals surface area contributed by atoms with Crippen molar-refractivity contribution in [2.75, 3.05) is 5.32 Å². The van der Waals surface area contributed by atoms with Gasteiger partial charge in [-0.1, -0.05) is 12.8 Å². The average molecular weight is 319 g/mol. The van der Waals surface area contributed by atoms with Gasteiger partial charge in [0.05, 0.1) is 15.7 Å². The molecule has 0 radical (unpaired) electrons. The van der Waals surface area contributed by atoms with Gasteiger partial charge in [0.2, 0.25) is 5.91 Å². The molecule has 98 valence electrons. The number of benzene rings is 1. The van der Waals surface area contributed by atoms with Gasteiger partial charge in [-0.25, -0.2) is 8.78 Å². The van der Waals surface area contributed by atoms with Crippen molar-refractivity contribution in [3.63, 3.8) is 0 Å². The summed E-state index contributed by atoms with van der Waals surface area (Å²) in [6, 6.07) is 1.92. The number of amides is 1. The minimum Gasteiger partial charge on any atom is -0.322 e. The lowest BCUT2D eigenvalue weighted by atomic mass is 9.98. The molecular formula is C12H13BrF2N2O. The van der Waals surface area contributed by atoms with E-state index in [1.54, 1.807) is 0 Å². The van der Waals surface area contributed by atoms with E-state index in [4.69, 9.17) is 5.73 Å². The van der Waals surface area contributed by atoms with Gasteiger partial charge in [-0.15, -0.1) is 0 Å². The van der Waals surface area contributed by atoms with Crippen LogP contribution in [0, 0.1) is 11.6 Å². The number of hydrogen-bond acceptors (Lipinski definition) is 2. The average Bonchev–Trinajstić information content (AvgIpc) is 2.74. The summed E-state index contributed by atoms with van der Waals surface area (Å²) >= 11 is 2.87. The molecule has 1 aliphatic carbocycles. The Labute approximate surface area is 112 Å². The maximum absolute atomic E-state index is 13.6. The molecular weight excluding hydrogens is 306 g/mol. The van der Waals surface area contributed by atoms with E-state index >= 15 is 0 Å². The van der Waals surface area contributed by atoms with Crippen molar-refractivity contribution in [2.24, 2.45) is 5.73 Å². The third-order valence-electron chi connectivity index (χ3n) is 3.21. The molecule has 0 unspecified atom stereocenters. The van der Waals surface area contributed by atoms with Gasteiger partial charge < -0.3 is 11.1 Å². The molecule has 2 rings (SSSR count). The van der Waals surface area contributed by atoms with Crippen LogP contribution in [0.3, 0.4) is 0 Å². The number of nitrogens with one attached hydrogen (secondary N) is 1. The molecule has 1 fully saturated rings. The van der Waals surface area contributed by atoms with E-state index < -0.39 is 23.1 Å². The molecule has 18 heavy (non-hydrogen) atoms. The van der Waals surface area contributed by atoms with E-state index in [-0.39, 0.29) is 10.2 Å². The van der Waals surface area contributed by atoms with Crippen LogP contribution in [0.2, 0.25) is 0 Å². The molecule has 0 atom stereocenters. The first-order valence-electron chi connectivity index (χ1n) is 5.67. The highest BCUT2D eigenvalue weighted by molar-refractivity contribution is 9.10. The maximum atomic E-state index is 13.6. The van der Waals surface area contributed by atoms with Gasteiger partial charge >= 0.3 is 0 Å². The largest absolute Gasteiger partial charge is 0.322 e. The fourth-order valence-electron chi connectivity index (χ4n) is 2.10. The molecule has 0 spiro atoms. The summed E-state index contributed by atoms with van der Waals surface area (Å²) in [5, 5.41) is 2.36. The number of hydrogen-bond donors (Lipinski definition) is 2. The zero-order valence-corrected chi connectivity index (χ0v) is 11.2. The van der Waals surface area contributed by atoms with Crippen LogP contribution in [0.1, 0.15) is 25.7 Å². The first kappa shape index (κ1) is 13.4. The zero-order chi connectivity index (χ0) is 13.3. The lowest BCUT2D eigenvalue weighted by Crippen LogP contribution is -2.48. The normalized spacial score (nSPS) is 17.8. The highest BCUT2D eigenvalue weighted by atomic mass is 79.9. The highest BCUT2D eigenvalue weighted by Gasteiger charge is 2.37. The van der Waals surface area contributed by atoms with Gasteiger partial charge in [0.15, 0.2) is 0 Å². The predicted molar refractivity (Wildman–Crippen MR) is 68.1 cm³/mol. The number of halogens is 3. The van der Waals surface area contributed by atoms with Gasteiger partial charge in [0.1, 0.15) is 11.6 Å². The molecule has 1 aromatic carbocycles. The minimum atomic E-state index is -0.962. The van der Waals surface area contributed by atoms with Gasteiger partial charge in [-0.05, 0) is 34.8 Å². The summed E-state index contributed by atoms with van der Waals surface area (Å²) in [5.41, 5.74) is 4.79. The van der Waals surface area contributed by atoms with E-state index in [1.165, 1.54) is 0 Å². The zero-order valence-electron chi connectivity index (χ0n) is 9.60. The Kier molecular flexibility index (Phi) is 3.68. The van der Waals surface area contributed by atoms with Gasteiger partial charge in [0.25, 0.3) is 0 Å². The monoisotopic (exact) mass is 318 g/mol. The van der Waals surface area contributed by atoms with Crippen LogP contribution in [0.4, 0.5) is 14.5 Å². The molecule has 1 aliphatic rings. The van der Waals surface area contributed by atoms with Crippen molar-refractivity contribution in [3.05, 3.63) is 28.2 Å². The molecule has 0 heterocycles. The number of carbonyl (C=O) groups excluding carboxylic acids is 1. The van der Waals surface area contributed by atoms with Crippen molar-refractivity contribution in [2.45, 2.75) is 31.2 Å². The van der Waals surface area contributed by atoms with Crippen molar-refractivity contribution >= 4 is 27.5 Å². The van der Waals surface area contributed by atoms with Crippen LogP contribution >= 0.6 is 15.9 Å². The van der Waals surface area contributed by atoms with E-state index in [9.17, 15) is 13.6 Å². The smallest absolute Gasteiger partial charge is 0.244 e. The van der Waals surface area contributed by atoms with E-state index in [1.807, 2.05) is 0 Å². The molecule has 1 saturated carbocycles. The summed E-state index contributed by atoms with van der Waals surface area (Å²) in [4.78, 5) is 11.9. The standard InChI is InChI=1S/C12H13BrF2N2O/c13-7-5-9(15)10(6-8(7)14)17-11(18)12(16)3-1-2-4-12/h5-6H,1-4,16H2,(H,17,18). The Bertz CT molecular complexity index is 487. The van der Waals surface area contributed by atoms with Crippen molar-refractivity contribution < 1.29 is 13.6 Å². The fourth-order valence-corrected chi connectivity index (χ4v) is 2.41. The molecule has 6 heteroatoms. The third-order valence-corrected chi connectivity index (χ3v) is 3.81. The quantitative estimate of drug-likeness (QED) is 0.824. The lowest BCUT2D eigenvalue weighted by molar-refractivity contribution is -0.121. The molecule has 3 N–H and O–H groups in total. The summed E-state index contributed by atoms with van der Waals surface area (Å²) in [6.45, 7) is 0. The molecule has 3 nitrogen and oxygen atoms in total. The molecule has 0 aliphatic heterocycles. The second-order valence-corrected chi connectivity index (χ2v) is 5.42. The van der Waals surface area contributed by atoms with Crippen LogP contribution in [0.15, 0.2) is 16.6 Å². The molecule has 0 saturated heterocycles. The molecule has 1 aromatic rings. The highest BCUT2D eigenvalue weighted by Crippen LogP contribution is 2.29. The summed E-state index contributed by atoms with van der Waals surface area (Å²) in [7, 11) is 0. The summed E-state index contributed by atoms with van der Waals surface area (Å²) < 4.78 is 26.9. The van der Waals surface area contributed by atoms with E-state index in [0.717, 1.165) is 25.0 Å². The van der Waals surface area contributed by atoms with Crippen LogP contribution in [0.25, 0.3) is 0 Å². The van der Waals surface area contributed by atoms with Gasteiger partial charge in [-0.3, -0.25) is 4.79 Å². The first-order chi connectivity index (χ1) is 8.42. The first-order valence-corrected chi connectivity index (χ1v) is 6.46. The Balaban J connectivity index is 2.19. The van der Waals surface area contributed by atoms with E-state index in [2.05, 4.69) is 21.2 Å². The second kappa shape index (κ2) is 4.93. The van der Waals surface area contributed by atoms with Crippen LogP contribution in [-0.2, 0) is 4.79 Å². The van der Waals surface area contributed by atoms with Crippen LogP contribution < -0.4 is 11.1 Å². The van der Waals surface area contributed by atoms with Crippen LogP contribution in [-0.4, -0.2) is 11.4 Å². The third kappa shape index (κ3) is 2.54. The topological polar surface area (TPSA) is 55.1 Å². The Morgan fingerprint density at radius 3 is 2.50 bits per heavy atom. The van der Waals surface area contributed by atoms with Gasteiger partial charge in [-0.2, -0.15) is 0 Å². The molecule has 0 aromatic heterocycles. The maximum Gasteiger partial charge on any atom is 0.244 e. The van der Waals surface area contributed by atoms with Crippen LogP contribution in [0.5, 0.6) is 0 Å². The Hall–Kier alpha value is -1.01. The predicted octanol–water partition coefficient (Wildman–Crippen LogP) is 2.94. The second-order valence-electron chi connectivity index (χ2n) is 4.56. The van der Waals surface area contributed by atoms with E-state index in [0.29, 0.717) is 12.8 Å². The minimum absolute atomic E-state index is 0.0151. The summed E-state index contributed by atoms with van der Waals surface area (Å²) in [6.07, 6.45) is 2.89. The number of carbonyl (C=O) groups is 1. The van der Waals surface area contributed by atoms with Crippen molar-refractivity contribution in [1.82, 2.24) is 0 Å². The Morgan fingerprint density at radius 1 is 1.28 bits per heavy atom. The molecule has 1 amide bonds.